The fourth-order valence-corrected chi connectivity index (χ4v) is 3.79. The Labute approximate surface area is 153 Å². The number of fused-ring (bicyclic) bond motifs is 1. The van der Waals surface area contributed by atoms with E-state index < -0.39 is 5.97 Å². The summed E-state index contributed by atoms with van der Waals surface area (Å²) in [5.41, 5.74) is 0.439. The zero-order chi connectivity index (χ0) is 18.7. The van der Waals surface area contributed by atoms with E-state index in [4.69, 9.17) is 9.47 Å². The molecule has 0 aromatic heterocycles. The lowest BCUT2D eigenvalue weighted by Gasteiger charge is -2.34. The smallest absolute Gasteiger partial charge is 0.339 e. The van der Waals surface area contributed by atoms with Crippen molar-refractivity contribution in [3.05, 3.63) is 42.0 Å². The maximum atomic E-state index is 12.5. The Bertz CT molecular complexity index is 807. The molecule has 1 fully saturated rings. The number of piperidine rings is 1. The van der Waals surface area contributed by atoms with Crippen LogP contribution in [0, 0.1) is 11.8 Å². The van der Waals surface area contributed by atoms with Crippen LogP contribution >= 0.6 is 0 Å². The number of ether oxygens (including phenoxy) is 2. The number of carbonyl (C=O) groups is 2. The van der Waals surface area contributed by atoms with E-state index in [2.05, 4.69) is 13.8 Å². The molecule has 0 aliphatic carbocycles. The fourth-order valence-electron chi connectivity index (χ4n) is 3.79. The predicted octanol–water partition coefficient (Wildman–Crippen LogP) is 3.51. The average Bonchev–Trinajstić information content (AvgIpc) is 2.64. The Kier molecular flexibility index (Phi) is 5.45. The van der Waals surface area contributed by atoms with Gasteiger partial charge in [-0.15, -0.1) is 0 Å². The summed E-state index contributed by atoms with van der Waals surface area (Å²) in [5.74, 6) is 1.03. The number of nitrogens with zero attached hydrogens (tertiary/aromatic N) is 1. The average molecular weight is 355 g/mol. The molecule has 2 atom stereocenters. The molecule has 1 heterocycles. The Morgan fingerprint density at radius 2 is 1.69 bits per heavy atom. The summed E-state index contributed by atoms with van der Waals surface area (Å²) in [6.45, 7) is 5.52. The van der Waals surface area contributed by atoms with E-state index in [-0.39, 0.29) is 12.5 Å². The molecule has 5 heteroatoms. The summed E-state index contributed by atoms with van der Waals surface area (Å²) in [7, 11) is 1.60. The van der Waals surface area contributed by atoms with E-state index in [1.807, 2.05) is 24.3 Å². The van der Waals surface area contributed by atoms with Crippen LogP contribution < -0.4 is 4.74 Å². The van der Waals surface area contributed by atoms with E-state index in [1.165, 1.54) is 0 Å². The van der Waals surface area contributed by atoms with Crippen molar-refractivity contribution in [2.75, 3.05) is 26.8 Å². The molecule has 0 saturated carbocycles. The lowest BCUT2D eigenvalue weighted by molar-refractivity contribution is -0.137. The van der Waals surface area contributed by atoms with Crippen LogP contribution in [0.4, 0.5) is 0 Å². The minimum absolute atomic E-state index is 0.130. The number of rotatable bonds is 4. The Balaban J connectivity index is 1.71. The van der Waals surface area contributed by atoms with E-state index in [1.54, 1.807) is 24.1 Å². The summed E-state index contributed by atoms with van der Waals surface area (Å²) < 4.78 is 10.7. The van der Waals surface area contributed by atoms with E-state index in [0.717, 1.165) is 30.3 Å². The molecule has 1 aliphatic heterocycles. The van der Waals surface area contributed by atoms with Gasteiger partial charge in [-0.25, -0.2) is 4.79 Å². The summed E-state index contributed by atoms with van der Waals surface area (Å²) in [6.07, 6.45) is 1.13. The van der Waals surface area contributed by atoms with Crippen molar-refractivity contribution in [2.45, 2.75) is 20.3 Å². The zero-order valence-electron chi connectivity index (χ0n) is 15.5. The number of amides is 1. The Hall–Kier alpha value is -2.56. The number of carbonyl (C=O) groups excluding carboxylic acids is 2. The first kappa shape index (κ1) is 18.2. The molecule has 0 N–H and O–H groups in total. The van der Waals surface area contributed by atoms with Gasteiger partial charge in [-0.2, -0.15) is 0 Å². The minimum Gasteiger partial charge on any atom is -0.496 e. The van der Waals surface area contributed by atoms with Crippen molar-refractivity contribution < 1.29 is 19.1 Å². The molecule has 1 aliphatic rings. The zero-order valence-corrected chi connectivity index (χ0v) is 15.5. The number of likely N-dealkylation sites (tertiary alicyclic amines) is 1. The van der Waals surface area contributed by atoms with Crippen molar-refractivity contribution in [2.24, 2.45) is 11.8 Å². The molecule has 2 aromatic carbocycles. The normalized spacial score (nSPS) is 20.0. The Morgan fingerprint density at radius 3 is 2.35 bits per heavy atom. The van der Waals surface area contributed by atoms with Gasteiger partial charge in [-0.05, 0) is 35.8 Å². The Morgan fingerprint density at radius 1 is 1.04 bits per heavy atom. The molecule has 0 bridgehead atoms. The third-order valence-electron chi connectivity index (χ3n) is 4.87. The first-order chi connectivity index (χ1) is 12.5. The van der Waals surface area contributed by atoms with Crippen LogP contribution in [0.15, 0.2) is 36.4 Å². The second kappa shape index (κ2) is 7.77. The van der Waals surface area contributed by atoms with Gasteiger partial charge in [-0.3, -0.25) is 4.79 Å². The van der Waals surface area contributed by atoms with Crippen LogP contribution in [-0.4, -0.2) is 43.6 Å². The molecule has 0 radical (unpaired) electrons. The highest BCUT2D eigenvalue weighted by Crippen LogP contribution is 2.28. The van der Waals surface area contributed by atoms with E-state index >= 15 is 0 Å². The topological polar surface area (TPSA) is 55.8 Å². The van der Waals surface area contributed by atoms with Crippen LogP contribution in [0.2, 0.25) is 0 Å². The van der Waals surface area contributed by atoms with Gasteiger partial charge in [0.25, 0.3) is 5.91 Å². The van der Waals surface area contributed by atoms with Gasteiger partial charge in [0.2, 0.25) is 0 Å². The first-order valence-electron chi connectivity index (χ1n) is 9.00. The number of methoxy groups -OCH3 is 1. The lowest BCUT2D eigenvalue weighted by atomic mass is 9.92. The van der Waals surface area contributed by atoms with Crippen molar-refractivity contribution in [3.63, 3.8) is 0 Å². The van der Waals surface area contributed by atoms with Crippen molar-refractivity contribution in [3.8, 4) is 5.75 Å². The van der Waals surface area contributed by atoms with Crippen molar-refractivity contribution >= 4 is 22.6 Å². The van der Waals surface area contributed by atoms with Crippen LogP contribution in [0.3, 0.4) is 0 Å². The second-order valence-corrected chi connectivity index (χ2v) is 7.18. The highest BCUT2D eigenvalue weighted by atomic mass is 16.5. The number of hydrogen-bond donors (Lipinski definition) is 0. The maximum Gasteiger partial charge on any atom is 0.339 e. The molecule has 2 aromatic rings. The van der Waals surface area contributed by atoms with Gasteiger partial charge < -0.3 is 14.4 Å². The number of benzene rings is 2. The van der Waals surface area contributed by atoms with Crippen LogP contribution in [0.25, 0.3) is 10.8 Å². The SMILES string of the molecule is COc1ccc(C(=O)OCC(=O)N2C[C@H](C)C[C@H](C)C2)c2ccccc12. The van der Waals surface area contributed by atoms with Gasteiger partial charge in [0, 0.05) is 18.5 Å². The molecular formula is C21H25NO4. The maximum absolute atomic E-state index is 12.5. The summed E-state index contributed by atoms with van der Waals surface area (Å²) in [5, 5.41) is 1.60. The van der Waals surface area contributed by atoms with Crippen LogP contribution in [0.5, 0.6) is 5.75 Å². The fraction of sp³-hybridized carbons (Fsp3) is 0.429. The molecule has 0 unspecified atom stereocenters. The predicted molar refractivity (Wildman–Crippen MR) is 100 cm³/mol. The van der Waals surface area contributed by atoms with Gasteiger partial charge >= 0.3 is 5.97 Å². The third kappa shape index (κ3) is 3.82. The summed E-state index contributed by atoms with van der Waals surface area (Å²) in [6, 6.07) is 10.9. The molecule has 26 heavy (non-hydrogen) atoms. The molecule has 1 saturated heterocycles. The van der Waals surface area contributed by atoms with E-state index in [0.29, 0.717) is 23.1 Å². The van der Waals surface area contributed by atoms with Gasteiger partial charge in [0.15, 0.2) is 6.61 Å². The highest BCUT2D eigenvalue weighted by molar-refractivity contribution is 6.06. The monoisotopic (exact) mass is 355 g/mol. The number of esters is 1. The van der Waals surface area contributed by atoms with Crippen LogP contribution in [0.1, 0.15) is 30.6 Å². The van der Waals surface area contributed by atoms with E-state index in [9.17, 15) is 9.59 Å². The van der Waals surface area contributed by atoms with Crippen molar-refractivity contribution in [1.82, 2.24) is 4.90 Å². The van der Waals surface area contributed by atoms with Crippen molar-refractivity contribution in [1.29, 1.82) is 0 Å². The molecule has 138 valence electrons. The second-order valence-electron chi connectivity index (χ2n) is 7.18. The largest absolute Gasteiger partial charge is 0.496 e. The molecule has 3 rings (SSSR count). The first-order valence-corrected chi connectivity index (χ1v) is 9.00. The van der Waals surface area contributed by atoms with Gasteiger partial charge in [-0.1, -0.05) is 38.1 Å². The molecule has 5 nitrogen and oxygen atoms in total. The molecule has 1 amide bonds. The van der Waals surface area contributed by atoms with Crippen LogP contribution in [-0.2, 0) is 9.53 Å². The molecule has 0 spiro atoms. The quantitative estimate of drug-likeness (QED) is 0.788. The summed E-state index contributed by atoms with van der Waals surface area (Å²) >= 11 is 0. The molecular weight excluding hydrogens is 330 g/mol. The van der Waals surface area contributed by atoms with Gasteiger partial charge in [0.1, 0.15) is 5.75 Å². The standard InChI is InChI=1S/C21H25NO4/c1-14-10-15(2)12-22(11-14)20(23)13-26-21(24)18-8-9-19(25-3)17-7-5-4-6-16(17)18/h4-9,14-15H,10-13H2,1-3H3/t14-,15+. The van der Waals surface area contributed by atoms with Gasteiger partial charge in [0.05, 0.1) is 12.7 Å². The number of hydrogen-bond acceptors (Lipinski definition) is 4. The lowest BCUT2D eigenvalue weighted by Crippen LogP contribution is -2.44. The highest BCUT2D eigenvalue weighted by Gasteiger charge is 2.26. The minimum atomic E-state index is -0.490. The summed E-state index contributed by atoms with van der Waals surface area (Å²) in [4.78, 5) is 26.8. The third-order valence-corrected chi connectivity index (χ3v) is 4.87.